The van der Waals surface area contributed by atoms with Crippen molar-refractivity contribution in [3.05, 3.63) is 57.8 Å². The van der Waals surface area contributed by atoms with Crippen molar-refractivity contribution < 1.29 is 13.9 Å². The molecule has 2 aromatic carbocycles. The van der Waals surface area contributed by atoms with Crippen LogP contribution in [0.15, 0.2) is 36.4 Å². The molecule has 0 saturated carbocycles. The van der Waals surface area contributed by atoms with Crippen LogP contribution < -0.4 is 0 Å². The zero-order valence-electron chi connectivity index (χ0n) is 10.6. The Balaban J connectivity index is 2.53. The molecule has 0 aliphatic heterocycles. The largest absolute Gasteiger partial charge is 0.462 e. The van der Waals surface area contributed by atoms with Gasteiger partial charge < -0.3 is 4.74 Å². The fourth-order valence-corrected chi connectivity index (χ4v) is 2.17. The highest BCUT2D eigenvalue weighted by molar-refractivity contribution is 6.35. The first-order chi connectivity index (χ1) is 9.52. The molecular weight excluding hydrogens is 302 g/mol. The van der Waals surface area contributed by atoms with Crippen LogP contribution >= 0.6 is 23.2 Å². The molecule has 0 unspecified atom stereocenters. The summed E-state index contributed by atoms with van der Waals surface area (Å²) in [7, 11) is 0. The van der Waals surface area contributed by atoms with Crippen LogP contribution in [-0.4, -0.2) is 12.6 Å². The van der Waals surface area contributed by atoms with Crippen molar-refractivity contribution >= 4 is 29.2 Å². The summed E-state index contributed by atoms with van der Waals surface area (Å²) in [4.78, 5) is 11.7. The van der Waals surface area contributed by atoms with E-state index in [4.69, 9.17) is 27.9 Å². The number of carbonyl (C=O) groups is 1. The molecule has 2 aromatic rings. The van der Waals surface area contributed by atoms with E-state index in [0.29, 0.717) is 15.6 Å². The summed E-state index contributed by atoms with van der Waals surface area (Å²) in [5.41, 5.74) is 0.908. The first-order valence-electron chi connectivity index (χ1n) is 5.95. The summed E-state index contributed by atoms with van der Waals surface area (Å²) in [5.74, 6) is -0.992. The average molecular weight is 313 g/mol. The van der Waals surface area contributed by atoms with Crippen LogP contribution in [0.5, 0.6) is 0 Å². The first kappa shape index (κ1) is 14.8. The summed E-state index contributed by atoms with van der Waals surface area (Å²) in [6.45, 7) is 1.96. The Bertz CT molecular complexity index is 656. The molecule has 0 atom stereocenters. The molecule has 0 aromatic heterocycles. The molecule has 0 aliphatic carbocycles. The number of ether oxygens (including phenoxy) is 1. The van der Waals surface area contributed by atoms with Crippen LogP contribution in [0.4, 0.5) is 4.39 Å². The molecule has 104 valence electrons. The summed E-state index contributed by atoms with van der Waals surface area (Å²) in [6.07, 6.45) is 0. The van der Waals surface area contributed by atoms with Gasteiger partial charge in [0.1, 0.15) is 5.82 Å². The molecule has 2 rings (SSSR count). The second-order valence-corrected chi connectivity index (χ2v) is 4.88. The van der Waals surface area contributed by atoms with Gasteiger partial charge in [-0.2, -0.15) is 0 Å². The highest BCUT2D eigenvalue weighted by atomic mass is 35.5. The van der Waals surface area contributed by atoms with Crippen LogP contribution in [0, 0.1) is 5.82 Å². The van der Waals surface area contributed by atoms with Gasteiger partial charge in [-0.15, -0.1) is 0 Å². The molecule has 5 heteroatoms. The molecule has 0 fully saturated rings. The Morgan fingerprint density at radius 3 is 2.60 bits per heavy atom. The lowest BCUT2D eigenvalue weighted by Crippen LogP contribution is -2.05. The van der Waals surface area contributed by atoms with Crippen LogP contribution in [0.2, 0.25) is 10.0 Å². The molecule has 0 aliphatic rings. The molecule has 0 saturated heterocycles. The quantitative estimate of drug-likeness (QED) is 0.747. The van der Waals surface area contributed by atoms with Gasteiger partial charge in [0.15, 0.2) is 0 Å². The Labute approximate surface area is 126 Å². The van der Waals surface area contributed by atoms with Crippen molar-refractivity contribution in [1.29, 1.82) is 0 Å². The van der Waals surface area contributed by atoms with E-state index in [2.05, 4.69) is 0 Å². The topological polar surface area (TPSA) is 26.3 Å². The van der Waals surface area contributed by atoms with Gasteiger partial charge in [0.05, 0.1) is 12.2 Å². The summed E-state index contributed by atoms with van der Waals surface area (Å²) < 4.78 is 18.9. The Morgan fingerprint density at radius 2 is 1.90 bits per heavy atom. The smallest absolute Gasteiger partial charge is 0.338 e. The maximum atomic E-state index is 14.0. The summed E-state index contributed by atoms with van der Waals surface area (Å²) in [6, 6.07) is 8.73. The van der Waals surface area contributed by atoms with E-state index >= 15 is 0 Å². The van der Waals surface area contributed by atoms with Gasteiger partial charge in [0.2, 0.25) is 0 Å². The van der Waals surface area contributed by atoms with Gasteiger partial charge >= 0.3 is 5.97 Å². The van der Waals surface area contributed by atoms with E-state index in [1.54, 1.807) is 25.1 Å². The third kappa shape index (κ3) is 3.11. The van der Waals surface area contributed by atoms with E-state index in [-0.39, 0.29) is 17.7 Å². The zero-order chi connectivity index (χ0) is 14.7. The molecule has 0 heterocycles. The Kier molecular flexibility index (Phi) is 4.63. The first-order valence-corrected chi connectivity index (χ1v) is 6.70. The van der Waals surface area contributed by atoms with E-state index in [1.807, 2.05) is 0 Å². The van der Waals surface area contributed by atoms with Crippen LogP contribution in [0.25, 0.3) is 11.1 Å². The number of hydrogen-bond acceptors (Lipinski definition) is 2. The number of rotatable bonds is 3. The minimum Gasteiger partial charge on any atom is -0.462 e. The van der Waals surface area contributed by atoms with Crippen molar-refractivity contribution in [2.75, 3.05) is 6.61 Å². The lowest BCUT2D eigenvalue weighted by Gasteiger charge is -2.09. The molecular formula is C15H11Cl2FO2. The zero-order valence-corrected chi connectivity index (χ0v) is 12.1. The standard InChI is InChI=1S/C15H11Cl2FO2/c1-2-20-15(19)9-3-6-14(18)12(7-9)11-8-10(16)4-5-13(11)17/h3-8H,2H2,1H3. The van der Waals surface area contributed by atoms with E-state index in [9.17, 15) is 9.18 Å². The maximum absolute atomic E-state index is 14.0. The van der Waals surface area contributed by atoms with Crippen molar-refractivity contribution in [2.24, 2.45) is 0 Å². The Hall–Kier alpha value is -1.58. The van der Waals surface area contributed by atoms with Crippen molar-refractivity contribution in [3.8, 4) is 11.1 Å². The molecule has 20 heavy (non-hydrogen) atoms. The van der Waals surface area contributed by atoms with E-state index in [1.165, 1.54) is 18.2 Å². The van der Waals surface area contributed by atoms with E-state index in [0.717, 1.165) is 0 Å². The Morgan fingerprint density at radius 1 is 1.15 bits per heavy atom. The van der Waals surface area contributed by atoms with Gasteiger partial charge in [-0.25, -0.2) is 9.18 Å². The third-order valence-corrected chi connectivity index (χ3v) is 3.26. The third-order valence-electron chi connectivity index (χ3n) is 2.70. The van der Waals surface area contributed by atoms with Gasteiger partial charge in [-0.3, -0.25) is 0 Å². The van der Waals surface area contributed by atoms with Gasteiger partial charge in [0.25, 0.3) is 0 Å². The number of benzene rings is 2. The van der Waals surface area contributed by atoms with Crippen molar-refractivity contribution in [1.82, 2.24) is 0 Å². The predicted molar refractivity (Wildman–Crippen MR) is 77.8 cm³/mol. The molecule has 0 bridgehead atoms. The highest BCUT2D eigenvalue weighted by Gasteiger charge is 2.14. The molecule has 0 radical (unpaired) electrons. The van der Waals surface area contributed by atoms with Crippen molar-refractivity contribution in [2.45, 2.75) is 6.92 Å². The molecule has 0 amide bonds. The SMILES string of the molecule is CCOC(=O)c1ccc(F)c(-c2cc(Cl)ccc2Cl)c1. The van der Waals surface area contributed by atoms with Gasteiger partial charge in [-0.05, 0) is 43.3 Å². The minimum atomic E-state index is -0.507. The lowest BCUT2D eigenvalue weighted by atomic mass is 10.0. The van der Waals surface area contributed by atoms with Crippen LogP contribution in [0.1, 0.15) is 17.3 Å². The maximum Gasteiger partial charge on any atom is 0.338 e. The van der Waals surface area contributed by atoms with Crippen molar-refractivity contribution in [3.63, 3.8) is 0 Å². The fourth-order valence-electron chi connectivity index (χ4n) is 1.78. The average Bonchev–Trinajstić information content (AvgIpc) is 2.42. The second kappa shape index (κ2) is 6.25. The van der Waals surface area contributed by atoms with E-state index < -0.39 is 11.8 Å². The minimum absolute atomic E-state index is 0.211. The molecule has 0 spiro atoms. The summed E-state index contributed by atoms with van der Waals surface area (Å²) >= 11 is 12.0. The fraction of sp³-hybridized carbons (Fsp3) is 0.133. The molecule has 0 N–H and O–H groups in total. The highest BCUT2D eigenvalue weighted by Crippen LogP contribution is 2.32. The summed E-state index contributed by atoms with van der Waals surface area (Å²) in [5, 5.41) is 0.791. The van der Waals surface area contributed by atoms with Gasteiger partial charge in [-0.1, -0.05) is 23.2 Å². The number of halogens is 3. The number of hydrogen-bond donors (Lipinski definition) is 0. The second-order valence-electron chi connectivity index (χ2n) is 4.04. The number of carbonyl (C=O) groups excluding carboxylic acids is 1. The predicted octanol–water partition coefficient (Wildman–Crippen LogP) is 4.98. The van der Waals surface area contributed by atoms with Crippen LogP contribution in [0.3, 0.4) is 0 Å². The lowest BCUT2D eigenvalue weighted by molar-refractivity contribution is 0.0526. The monoisotopic (exact) mass is 312 g/mol. The van der Waals surface area contributed by atoms with Crippen LogP contribution in [-0.2, 0) is 4.74 Å². The molecule has 2 nitrogen and oxygen atoms in total. The van der Waals surface area contributed by atoms with Gasteiger partial charge in [0, 0.05) is 21.2 Å². The number of esters is 1. The normalized spacial score (nSPS) is 10.4.